The number of hydrogen-bond donors (Lipinski definition) is 2. The molecule has 0 aromatic carbocycles. The van der Waals surface area contributed by atoms with Crippen molar-refractivity contribution in [3.8, 4) is 0 Å². The molecule has 0 unspecified atom stereocenters. The maximum absolute atomic E-state index is 12.3. The summed E-state index contributed by atoms with van der Waals surface area (Å²) in [5, 5.41) is 4.25. The molecule has 0 aliphatic heterocycles. The number of nitrogens with one attached hydrogen (secondary N) is 1. The van der Waals surface area contributed by atoms with Gasteiger partial charge in [0.15, 0.2) is 0 Å². The number of thiophene rings is 1. The standard InChI is InChI=1S/C14H16N4O3S2/c1-3-6-18-10(15)9(13(20)17(2)14(18)21)12(22)16-11(19)8-5-4-7-23-8/h4-5,7H,3,6,15H2,1-2H3,(H,16,19,22). The Morgan fingerprint density at radius 2 is 2.13 bits per heavy atom. The molecule has 9 heteroatoms. The van der Waals surface area contributed by atoms with E-state index in [1.54, 1.807) is 17.5 Å². The Balaban J connectivity index is 2.46. The van der Waals surface area contributed by atoms with E-state index in [2.05, 4.69) is 5.32 Å². The van der Waals surface area contributed by atoms with Crippen molar-refractivity contribution in [3.63, 3.8) is 0 Å². The Bertz CT molecular complexity index is 865. The van der Waals surface area contributed by atoms with E-state index in [9.17, 15) is 14.4 Å². The lowest BCUT2D eigenvalue weighted by Crippen LogP contribution is -2.45. The number of nitrogens with zero attached hydrogens (tertiary/aromatic N) is 2. The van der Waals surface area contributed by atoms with Gasteiger partial charge in [-0.3, -0.25) is 18.7 Å². The maximum Gasteiger partial charge on any atom is 0.332 e. The Hall–Kier alpha value is -2.26. The normalized spacial score (nSPS) is 10.5. The SMILES string of the molecule is CCCn1c(N)c(C(=S)NC(=O)c2cccs2)c(=O)n(C)c1=O. The second-order valence-electron chi connectivity index (χ2n) is 4.82. The lowest BCUT2D eigenvalue weighted by molar-refractivity contribution is 0.0982. The Labute approximate surface area is 141 Å². The molecule has 0 bridgehead atoms. The van der Waals surface area contributed by atoms with Crippen LogP contribution in [0.15, 0.2) is 27.1 Å². The summed E-state index contributed by atoms with van der Waals surface area (Å²) in [5.74, 6) is -0.448. The van der Waals surface area contributed by atoms with Crippen molar-refractivity contribution in [2.24, 2.45) is 7.05 Å². The lowest BCUT2D eigenvalue weighted by Gasteiger charge is -2.15. The van der Waals surface area contributed by atoms with E-state index in [-0.39, 0.29) is 16.4 Å². The van der Waals surface area contributed by atoms with E-state index >= 15 is 0 Å². The molecule has 0 radical (unpaired) electrons. The summed E-state index contributed by atoms with van der Waals surface area (Å²) in [7, 11) is 1.35. The molecule has 23 heavy (non-hydrogen) atoms. The summed E-state index contributed by atoms with van der Waals surface area (Å²) >= 11 is 6.41. The molecule has 2 rings (SSSR count). The van der Waals surface area contributed by atoms with Gasteiger partial charge >= 0.3 is 5.69 Å². The maximum atomic E-state index is 12.3. The van der Waals surface area contributed by atoms with Crippen LogP contribution < -0.4 is 22.3 Å². The molecule has 0 fully saturated rings. The van der Waals surface area contributed by atoms with Crippen molar-refractivity contribution in [1.29, 1.82) is 0 Å². The molecular weight excluding hydrogens is 336 g/mol. The van der Waals surface area contributed by atoms with Gasteiger partial charge in [-0.05, 0) is 17.9 Å². The highest BCUT2D eigenvalue weighted by molar-refractivity contribution is 7.80. The van der Waals surface area contributed by atoms with Gasteiger partial charge in [0.25, 0.3) is 11.5 Å². The quantitative estimate of drug-likeness (QED) is 0.790. The van der Waals surface area contributed by atoms with Gasteiger partial charge in [-0.25, -0.2) is 4.79 Å². The van der Waals surface area contributed by atoms with Gasteiger partial charge in [0.05, 0.1) is 4.88 Å². The molecule has 3 N–H and O–H groups in total. The number of nitrogen functional groups attached to an aromatic ring is 1. The molecular formula is C14H16N4O3S2. The zero-order chi connectivity index (χ0) is 17.1. The molecule has 2 heterocycles. The summed E-state index contributed by atoms with van der Waals surface area (Å²) in [4.78, 5) is 36.9. The third-order valence-corrected chi connectivity index (χ3v) is 4.40. The predicted octanol–water partition coefficient (Wildman–Crippen LogP) is 0.706. The first-order chi connectivity index (χ1) is 10.9. The van der Waals surface area contributed by atoms with E-state index in [4.69, 9.17) is 18.0 Å². The molecule has 122 valence electrons. The van der Waals surface area contributed by atoms with E-state index < -0.39 is 17.2 Å². The zero-order valence-electron chi connectivity index (χ0n) is 12.7. The number of rotatable bonds is 4. The van der Waals surface area contributed by atoms with Crippen LogP contribution in [-0.2, 0) is 13.6 Å². The van der Waals surface area contributed by atoms with Gasteiger partial charge in [-0.2, -0.15) is 0 Å². The summed E-state index contributed by atoms with van der Waals surface area (Å²) in [6.45, 7) is 2.24. The number of anilines is 1. The summed E-state index contributed by atoms with van der Waals surface area (Å²) in [6.07, 6.45) is 0.663. The van der Waals surface area contributed by atoms with Gasteiger partial charge in [0.2, 0.25) is 0 Å². The highest BCUT2D eigenvalue weighted by Crippen LogP contribution is 2.10. The first kappa shape index (κ1) is 17.1. The number of thiocarbonyl (C=S) groups is 1. The molecule has 0 aliphatic rings. The number of aromatic nitrogens is 2. The lowest BCUT2D eigenvalue weighted by atomic mass is 10.2. The second kappa shape index (κ2) is 6.88. The first-order valence-electron chi connectivity index (χ1n) is 6.87. The van der Waals surface area contributed by atoms with E-state index in [1.165, 1.54) is 23.0 Å². The molecule has 2 aromatic heterocycles. The molecule has 2 aromatic rings. The number of carbonyl (C=O) groups is 1. The number of nitrogens with two attached hydrogens (primary N) is 1. The van der Waals surface area contributed by atoms with Crippen LogP contribution in [0, 0.1) is 0 Å². The van der Waals surface area contributed by atoms with Crippen molar-refractivity contribution >= 4 is 40.3 Å². The fourth-order valence-corrected chi connectivity index (χ4v) is 2.97. The summed E-state index contributed by atoms with van der Waals surface area (Å²) < 4.78 is 2.21. The molecule has 0 saturated carbocycles. The van der Waals surface area contributed by atoms with Gasteiger partial charge < -0.3 is 11.1 Å². The minimum Gasteiger partial charge on any atom is -0.384 e. The zero-order valence-corrected chi connectivity index (χ0v) is 14.3. The minimum atomic E-state index is -0.628. The Morgan fingerprint density at radius 1 is 1.43 bits per heavy atom. The van der Waals surface area contributed by atoms with Crippen molar-refractivity contribution in [3.05, 3.63) is 48.8 Å². The third kappa shape index (κ3) is 3.25. The topological polar surface area (TPSA) is 99.1 Å². The number of amides is 1. The van der Waals surface area contributed by atoms with Gasteiger partial charge in [0.1, 0.15) is 16.4 Å². The molecule has 7 nitrogen and oxygen atoms in total. The van der Waals surface area contributed by atoms with Crippen LogP contribution in [0.4, 0.5) is 5.82 Å². The number of hydrogen-bond acceptors (Lipinski definition) is 6. The van der Waals surface area contributed by atoms with Crippen LogP contribution in [0.2, 0.25) is 0 Å². The molecule has 0 atom stereocenters. The predicted molar refractivity (Wildman–Crippen MR) is 94.1 cm³/mol. The Kier molecular flexibility index (Phi) is 5.12. The van der Waals surface area contributed by atoms with E-state index in [1.807, 2.05) is 6.92 Å². The van der Waals surface area contributed by atoms with Crippen LogP contribution in [-0.4, -0.2) is 20.0 Å². The highest BCUT2D eigenvalue weighted by atomic mass is 32.1. The van der Waals surface area contributed by atoms with E-state index in [0.717, 1.165) is 4.57 Å². The van der Waals surface area contributed by atoms with Crippen molar-refractivity contribution in [2.75, 3.05) is 5.73 Å². The first-order valence-corrected chi connectivity index (χ1v) is 8.15. The second-order valence-corrected chi connectivity index (χ2v) is 6.18. The van der Waals surface area contributed by atoms with Gasteiger partial charge in [0, 0.05) is 13.6 Å². The monoisotopic (exact) mass is 352 g/mol. The fraction of sp³-hybridized carbons (Fsp3) is 0.286. The summed E-state index contributed by atoms with van der Waals surface area (Å²) in [5.41, 5.74) is 4.77. The van der Waals surface area contributed by atoms with Gasteiger partial charge in [-0.1, -0.05) is 25.2 Å². The van der Waals surface area contributed by atoms with Gasteiger partial charge in [-0.15, -0.1) is 11.3 Å². The highest BCUT2D eigenvalue weighted by Gasteiger charge is 2.20. The largest absolute Gasteiger partial charge is 0.384 e. The van der Waals surface area contributed by atoms with E-state index in [0.29, 0.717) is 17.8 Å². The third-order valence-electron chi connectivity index (χ3n) is 3.23. The average molecular weight is 352 g/mol. The number of carbonyl (C=O) groups excluding carboxylic acids is 1. The fourth-order valence-electron chi connectivity index (χ4n) is 2.07. The molecule has 0 spiro atoms. The van der Waals surface area contributed by atoms with Crippen LogP contribution in [0.25, 0.3) is 0 Å². The van der Waals surface area contributed by atoms with Crippen LogP contribution in [0.3, 0.4) is 0 Å². The van der Waals surface area contributed by atoms with Crippen molar-refractivity contribution in [2.45, 2.75) is 19.9 Å². The Morgan fingerprint density at radius 3 is 2.70 bits per heavy atom. The molecule has 0 saturated heterocycles. The van der Waals surface area contributed by atoms with Crippen LogP contribution in [0.5, 0.6) is 0 Å². The minimum absolute atomic E-state index is 0.0311. The summed E-state index contributed by atoms with van der Waals surface area (Å²) in [6, 6.07) is 3.37. The van der Waals surface area contributed by atoms with Crippen LogP contribution in [0.1, 0.15) is 28.6 Å². The smallest absolute Gasteiger partial charge is 0.332 e. The van der Waals surface area contributed by atoms with Crippen molar-refractivity contribution < 1.29 is 4.79 Å². The van der Waals surface area contributed by atoms with Crippen molar-refractivity contribution in [1.82, 2.24) is 14.5 Å². The average Bonchev–Trinajstić information content (AvgIpc) is 3.04. The molecule has 0 aliphatic carbocycles. The van der Waals surface area contributed by atoms with Crippen LogP contribution >= 0.6 is 23.6 Å². The molecule has 1 amide bonds.